The lowest BCUT2D eigenvalue weighted by Gasteiger charge is -2.13. The van der Waals surface area contributed by atoms with Gasteiger partial charge in [-0.25, -0.2) is 4.40 Å². The van der Waals surface area contributed by atoms with Gasteiger partial charge >= 0.3 is 0 Å². The van der Waals surface area contributed by atoms with Gasteiger partial charge in [0.25, 0.3) is 16.2 Å². The van der Waals surface area contributed by atoms with Crippen LogP contribution in [0.15, 0.2) is 82.4 Å². The van der Waals surface area contributed by atoms with E-state index in [2.05, 4.69) is 9.82 Å². The molecule has 0 bridgehead atoms. The summed E-state index contributed by atoms with van der Waals surface area (Å²) in [6.07, 6.45) is 0. The second kappa shape index (κ2) is 8.54. The summed E-state index contributed by atoms with van der Waals surface area (Å²) in [7, 11) is 0. The number of fused-ring (bicyclic) bond motifs is 1. The summed E-state index contributed by atoms with van der Waals surface area (Å²) in [6, 6.07) is 20.6. The molecule has 156 valence electrons. The first kappa shape index (κ1) is 19.9. The summed E-state index contributed by atoms with van der Waals surface area (Å²) in [5, 5.41) is 9.30. The van der Waals surface area contributed by atoms with Crippen molar-refractivity contribution in [2.24, 2.45) is 0 Å². The Bertz CT molecular complexity index is 1340. The number of hydrogen-bond donors (Lipinski definition) is 1. The van der Waals surface area contributed by atoms with Crippen molar-refractivity contribution in [2.75, 3.05) is 13.2 Å². The largest absolute Gasteiger partial charge is 0.492 e. The van der Waals surface area contributed by atoms with Crippen LogP contribution < -0.4 is 15.9 Å². The van der Waals surface area contributed by atoms with Gasteiger partial charge in [-0.05, 0) is 41.5 Å². The molecule has 2 aromatic heterocycles. The van der Waals surface area contributed by atoms with Gasteiger partial charge in [0.05, 0.1) is 11.3 Å². The maximum absolute atomic E-state index is 13.3. The Labute approximate surface area is 175 Å². The van der Waals surface area contributed by atoms with Gasteiger partial charge in [0.2, 0.25) is 0 Å². The van der Waals surface area contributed by atoms with Crippen LogP contribution in [-0.2, 0) is 4.84 Å². The first-order valence-corrected chi connectivity index (χ1v) is 9.38. The van der Waals surface area contributed by atoms with Crippen LogP contribution in [0.4, 0.5) is 0 Å². The number of benzene rings is 2. The van der Waals surface area contributed by atoms with Crippen LogP contribution in [0.3, 0.4) is 0 Å². The van der Waals surface area contributed by atoms with Crippen LogP contribution in [0, 0.1) is 10.1 Å². The van der Waals surface area contributed by atoms with Gasteiger partial charge in [-0.2, -0.15) is 0 Å². The van der Waals surface area contributed by atoms with E-state index in [9.17, 15) is 19.7 Å². The highest BCUT2D eigenvalue weighted by molar-refractivity contribution is 5.81. The fourth-order valence-corrected chi connectivity index (χ4v) is 3.28. The molecule has 0 saturated heterocycles. The van der Waals surface area contributed by atoms with Crippen molar-refractivity contribution in [3.8, 4) is 28.1 Å². The van der Waals surface area contributed by atoms with Gasteiger partial charge in [-0.15, -0.1) is 10.1 Å². The zero-order valence-corrected chi connectivity index (χ0v) is 16.2. The van der Waals surface area contributed by atoms with Gasteiger partial charge in [-0.1, -0.05) is 36.4 Å². The lowest BCUT2D eigenvalue weighted by molar-refractivity contribution is -0.757. The SMILES string of the molecule is O=c1cccc2[nH]c(-c3ccc(OCCO[N+](=O)[O-])cc3)c(-c3ccccc3)c(=O)n12. The zero-order chi connectivity index (χ0) is 21.8. The Kier molecular flexibility index (Phi) is 5.48. The quantitative estimate of drug-likeness (QED) is 0.280. The summed E-state index contributed by atoms with van der Waals surface area (Å²) in [4.78, 5) is 43.2. The molecule has 0 aliphatic heterocycles. The third kappa shape index (κ3) is 4.15. The van der Waals surface area contributed by atoms with E-state index in [1.165, 1.54) is 6.07 Å². The molecule has 0 radical (unpaired) electrons. The second-order valence-corrected chi connectivity index (χ2v) is 6.56. The molecule has 0 amide bonds. The minimum atomic E-state index is -0.876. The van der Waals surface area contributed by atoms with Crippen LogP contribution in [0.5, 0.6) is 5.75 Å². The summed E-state index contributed by atoms with van der Waals surface area (Å²) in [5.41, 5.74) is 1.86. The average molecular weight is 419 g/mol. The van der Waals surface area contributed by atoms with Crippen molar-refractivity contribution < 1.29 is 14.7 Å². The highest BCUT2D eigenvalue weighted by Crippen LogP contribution is 2.29. The van der Waals surface area contributed by atoms with Gasteiger partial charge < -0.3 is 14.6 Å². The molecule has 0 fully saturated rings. The normalized spacial score (nSPS) is 10.7. The van der Waals surface area contributed by atoms with E-state index in [0.29, 0.717) is 33.8 Å². The number of nitrogens with one attached hydrogen (secondary N) is 1. The third-order valence-electron chi connectivity index (χ3n) is 4.63. The number of nitrogens with zero attached hydrogens (tertiary/aromatic N) is 2. The molecular weight excluding hydrogens is 402 g/mol. The maximum atomic E-state index is 13.3. The number of aromatic amines is 1. The fourth-order valence-electron chi connectivity index (χ4n) is 3.28. The Morgan fingerprint density at radius 1 is 0.871 bits per heavy atom. The van der Waals surface area contributed by atoms with Crippen molar-refractivity contribution in [2.45, 2.75) is 0 Å². The smallest absolute Gasteiger partial charge is 0.294 e. The summed E-state index contributed by atoms with van der Waals surface area (Å²) < 4.78 is 6.53. The lowest BCUT2D eigenvalue weighted by atomic mass is 10.0. The molecule has 0 spiro atoms. The third-order valence-corrected chi connectivity index (χ3v) is 4.63. The van der Waals surface area contributed by atoms with E-state index >= 15 is 0 Å². The first-order valence-electron chi connectivity index (χ1n) is 9.38. The molecule has 4 rings (SSSR count). The molecule has 31 heavy (non-hydrogen) atoms. The van der Waals surface area contributed by atoms with Crippen molar-refractivity contribution in [1.29, 1.82) is 0 Å². The van der Waals surface area contributed by atoms with Gasteiger partial charge in [0.1, 0.15) is 24.6 Å². The second-order valence-electron chi connectivity index (χ2n) is 6.56. The van der Waals surface area contributed by atoms with Crippen LogP contribution in [0.25, 0.3) is 28.0 Å². The Morgan fingerprint density at radius 3 is 2.32 bits per heavy atom. The molecule has 2 aromatic carbocycles. The molecule has 0 unspecified atom stereocenters. The number of rotatable bonds is 7. The van der Waals surface area contributed by atoms with E-state index in [-0.39, 0.29) is 13.2 Å². The van der Waals surface area contributed by atoms with E-state index in [4.69, 9.17) is 4.74 Å². The number of H-pyrrole nitrogens is 1. The fraction of sp³-hybridized carbons (Fsp3) is 0.0909. The number of pyridine rings is 1. The minimum absolute atomic E-state index is 0.0192. The molecular formula is C22H17N3O6. The number of aromatic nitrogens is 2. The van der Waals surface area contributed by atoms with Gasteiger partial charge in [0, 0.05) is 6.07 Å². The molecule has 1 N–H and O–H groups in total. The molecule has 0 atom stereocenters. The van der Waals surface area contributed by atoms with Gasteiger partial charge in [-0.3, -0.25) is 9.59 Å². The van der Waals surface area contributed by atoms with Crippen LogP contribution in [0.2, 0.25) is 0 Å². The van der Waals surface area contributed by atoms with Gasteiger partial charge in [0.15, 0.2) is 0 Å². The highest BCUT2D eigenvalue weighted by Gasteiger charge is 2.16. The standard InChI is InChI=1S/C22H17N3O6/c26-19-8-4-7-18-23-21(20(22(27)24(18)19)15-5-2-1-3-6-15)16-9-11-17(12-10-16)30-13-14-31-25(28)29/h1-12,23H,13-14H2. The summed E-state index contributed by atoms with van der Waals surface area (Å²) >= 11 is 0. The molecule has 9 nitrogen and oxygen atoms in total. The van der Waals surface area contributed by atoms with Crippen molar-refractivity contribution in [1.82, 2.24) is 9.38 Å². The Hall–Kier alpha value is -4.40. The predicted octanol–water partition coefficient (Wildman–Crippen LogP) is 2.91. The summed E-state index contributed by atoms with van der Waals surface area (Å²) in [6.45, 7) is -0.162. The maximum Gasteiger partial charge on any atom is 0.294 e. The van der Waals surface area contributed by atoms with Crippen molar-refractivity contribution in [3.05, 3.63) is 104 Å². The number of ether oxygens (including phenoxy) is 1. The van der Waals surface area contributed by atoms with E-state index < -0.39 is 16.2 Å². The Morgan fingerprint density at radius 2 is 1.61 bits per heavy atom. The zero-order valence-electron chi connectivity index (χ0n) is 16.2. The van der Waals surface area contributed by atoms with E-state index in [1.807, 2.05) is 18.2 Å². The van der Waals surface area contributed by atoms with E-state index in [1.54, 1.807) is 48.5 Å². The Balaban J connectivity index is 1.77. The molecule has 0 aliphatic rings. The molecule has 9 heteroatoms. The van der Waals surface area contributed by atoms with E-state index in [0.717, 1.165) is 4.40 Å². The minimum Gasteiger partial charge on any atom is -0.492 e. The number of hydrogen-bond acceptors (Lipinski definition) is 6. The topological polar surface area (TPSA) is 116 Å². The van der Waals surface area contributed by atoms with Crippen molar-refractivity contribution in [3.63, 3.8) is 0 Å². The van der Waals surface area contributed by atoms with Crippen LogP contribution >= 0.6 is 0 Å². The monoisotopic (exact) mass is 419 g/mol. The highest BCUT2D eigenvalue weighted by atomic mass is 17.0. The first-order chi connectivity index (χ1) is 15.0. The average Bonchev–Trinajstić information content (AvgIpc) is 2.77. The predicted molar refractivity (Wildman–Crippen MR) is 114 cm³/mol. The van der Waals surface area contributed by atoms with Crippen LogP contribution in [-0.4, -0.2) is 27.7 Å². The van der Waals surface area contributed by atoms with Crippen molar-refractivity contribution >= 4 is 5.65 Å². The molecule has 0 saturated carbocycles. The molecule has 2 heterocycles. The lowest BCUT2D eigenvalue weighted by Crippen LogP contribution is -2.28. The molecule has 4 aromatic rings. The molecule has 0 aliphatic carbocycles. The summed E-state index contributed by atoms with van der Waals surface area (Å²) in [5.74, 6) is 0.497. The van der Waals surface area contributed by atoms with Crippen LogP contribution in [0.1, 0.15) is 0 Å².